The van der Waals surface area contributed by atoms with Crippen LogP contribution in [0.4, 0.5) is 0 Å². The summed E-state index contributed by atoms with van der Waals surface area (Å²) in [6.07, 6.45) is 0. The molecule has 2 heteroatoms. The lowest BCUT2D eigenvalue weighted by molar-refractivity contribution is 0.241. The van der Waals surface area contributed by atoms with E-state index >= 15 is 0 Å². The smallest absolute Gasteiger partial charge is 0.0625 e. The molecule has 0 spiro atoms. The maximum atomic E-state index is 4.59. The fourth-order valence-corrected chi connectivity index (χ4v) is 1.49. The molecule has 0 radical (unpaired) electrons. The summed E-state index contributed by atoms with van der Waals surface area (Å²) in [5.74, 6) is 0. The zero-order valence-corrected chi connectivity index (χ0v) is 10.5. The predicted octanol–water partition coefficient (Wildman–Crippen LogP) is 3.42. The molecule has 1 aromatic heterocycles. The van der Waals surface area contributed by atoms with Crippen molar-refractivity contribution in [1.29, 1.82) is 0 Å². The molecule has 0 N–H and O–H groups in total. The van der Waals surface area contributed by atoms with Crippen LogP contribution in [-0.4, -0.2) is 9.78 Å². The standard InChI is InChI=1S/C12H22N2/c1-8-9(2)13-14(10(8)3)11(4)12(5,6)7/h11H,1-7H3. The van der Waals surface area contributed by atoms with Crippen molar-refractivity contribution in [2.24, 2.45) is 5.41 Å². The fourth-order valence-electron chi connectivity index (χ4n) is 1.49. The van der Waals surface area contributed by atoms with Crippen molar-refractivity contribution in [2.75, 3.05) is 0 Å². The maximum Gasteiger partial charge on any atom is 0.0625 e. The number of hydrogen-bond acceptors (Lipinski definition) is 1. The van der Waals surface area contributed by atoms with E-state index in [0.29, 0.717) is 6.04 Å². The molecule has 1 aromatic rings. The van der Waals surface area contributed by atoms with Gasteiger partial charge in [0.15, 0.2) is 0 Å². The highest BCUT2D eigenvalue weighted by Crippen LogP contribution is 2.31. The largest absolute Gasteiger partial charge is 0.266 e. The van der Waals surface area contributed by atoms with Crippen molar-refractivity contribution in [2.45, 2.75) is 54.5 Å². The Morgan fingerprint density at radius 1 is 1.14 bits per heavy atom. The van der Waals surface area contributed by atoms with Gasteiger partial charge in [-0.25, -0.2) is 0 Å². The van der Waals surface area contributed by atoms with E-state index in [-0.39, 0.29) is 5.41 Å². The van der Waals surface area contributed by atoms with Gasteiger partial charge in [-0.2, -0.15) is 5.10 Å². The molecule has 0 amide bonds. The Morgan fingerprint density at radius 2 is 1.64 bits per heavy atom. The molecule has 0 aromatic carbocycles. The highest BCUT2D eigenvalue weighted by Gasteiger charge is 2.24. The van der Waals surface area contributed by atoms with Crippen LogP contribution in [-0.2, 0) is 0 Å². The summed E-state index contributed by atoms with van der Waals surface area (Å²) in [4.78, 5) is 0. The summed E-state index contributed by atoms with van der Waals surface area (Å²) in [7, 11) is 0. The first-order valence-corrected chi connectivity index (χ1v) is 5.27. The van der Waals surface area contributed by atoms with Crippen LogP contribution in [0.1, 0.15) is 50.7 Å². The Kier molecular flexibility index (Phi) is 2.75. The van der Waals surface area contributed by atoms with Crippen molar-refractivity contribution in [1.82, 2.24) is 9.78 Å². The van der Waals surface area contributed by atoms with E-state index in [1.165, 1.54) is 11.3 Å². The van der Waals surface area contributed by atoms with E-state index < -0.39 is 0 Å². The fraction of sp³-hybridized carbons (Fsp3) is 0.750. The minimum atomic E-state index is 0.260. The summed E-state index contributed by atoms with van der Waals surface area (Å²) in [5.41, 5.74) is 4.03. The van der Waals surface area contributed by atoms with E-state index in [4.69, 9.17) is 0 Å². The minimum Gasteiger partial charge on any atom is -0.266 e. The lowest BCUT2D eigenvalue weighted by atomic mass is 9.88. The summed E-state index contributed by atoms with van der Waals surface area (Å²) in [6, 6.07) is 0.440. The van der Waals surface area contributed by atoms with Crippen LogP contribution in [0.5, 0.6) is 0 Å². The third kappa shape index (κ3) is 1.84. The third-order valence-corrected chi connectivity index (χ3v) is 3.31. The zero-order valence-electron chi connectivity index (χ0n) is 10.5. The maximum absolute atomic E-state index is 4.59. The van der Waals surface area contributed by atoms with Gasteiger partial charge < -0.3 is 0 Å². The van der Waals surface area contributed by atoms with Crippen LogP contribution in [0.2, 0.25) is 0 Å². The lowest BCUT2D eigenvalue weighted by Gasteiger charge is -2.28. The first-order valence-electron chi connectivity index (χ1n) is 5.27. The van der Waals surface area contributed by atoms with Gasteiger partial charge in [0.1, 0.15) is 0 Å². The van der Waals surface area contributed by atoms with Gasteiger partial charge >= 0.3 is 0 Å². The molecule has 0 aliphatic rings. The van der Waals surface area contributed by atoms with Crippen LogP contribution >= 0.6 is 0 Å². The molecule has 1 heterocycles. The average molecular weight is 194 g/mol. The van der Waals surface area contributed by atoms with Gasteiger partial charge in [0.05, 0.1) is 11.7 Å². The molecule has 14 heavy (non-hydrogen) atoms. The highest BCUT2D eigenvalue weighted by molar-refractivity contribution is 5.22. The van der Waals surface area contributed by atoms with E-state index in [1.54, 1.807) is 0 Å². The summed E-state index contributed by atoms with van der Waals surface area (Å²) >= 11 is 0. The van der Waals surface area contributed by atoms with Gasteiger partial charge in [-0.1, -0.05) is 20.8 Å². The molecule has 0 saturated heterocycles. The molecule has 0 saturated carbocycles. The van der Waals surface area contributed by atoms with Crippen LogP contribution in [0, 0.1) is 26.2 Å². The second-order valence-corrected chi connectivity index (χ2v) is 5.28. The Balaban J connectivity index is 3.14. The quantitative estimate of drug-likeness (QED) is 0.670. The zero-order chi connectivity index (χ0) is 11.1. The second kappa shape index (κ2) is 3.41. The Morgan fingerprint density at radius 3 is 1.93 bits per heavy atom. The first-order chi connectivity index (χ1) is 6.25. The Bertz CT molecular complexity index is 329. The normalized spacial score (nSPS) is 14.5. The molecule has 1 unspecified atom stereocenters. The van der Waals surface area contributed by atoms with Gasteiger partial charge in [-0.3, -0.25) is 4.68 Å². The van der Waals surface area contributed by atoms with Gasteiger partial charge in [0, 0.05) is 5.69 Å². The monoisotopic (exact) mass is 194 g/mol. The SMILES string of the molecule is Cc1nn(C(C)C(C)(C)C)c(C)c1C. The molecule has 0 bridgehead atoms. The molecular formula is C12H22N2. The molecule has 0 fully saturated rings. The van der Waals surface area contributed by atoms with E-state index in [2.05, 4.69) is 58.2 Å². The molecule has 0 aliphatic carbocycles. The van der Waals surface area contributed by atoms with Crippen molar-refractivity contribution in [3.05, 3.63) is 17.0 Å². The van der Waals surface area contributed by atoms with Gasteiger partial charge in [-0.05, 0) is 38.7 Å². The number of nitrogens with zero attached hydrogens (tertiary/aromatic N) is 2. The van der Waals surface area contributed by atoms with Crippen LogP contribution < -0.4 is 0 Å². The molecular weight excluding hydrogens is 172 g/mol. The minimum absolute atomic E-state index is 0.260. The van der Waals surface area contributed by atoms with Crippen molar-refractivity contribution in [3.8, 4) is 0 Å². The molecule has 2 nitrogen and oxygen atoms in total. The predicted molar refractivity (Wildman–Crippen MR) is 60.6 cm³/mol. The van der Waals surface area contributed by atoms with Gasteiger partial charge in [0.2, 0.25) is 0 Å². The van der Waals surface area contributed by atoms with Crippen molar-refractivity contribution in [3.63, 3.8) is 0 Å². The number of aryl methyl sites for hydroxylation is 1. The molecule has 1 atom stereocenters. The molecule has 80 valence electrons. The number of aromatic nitrogens is 2. The Hall–Kier alpha value is -0.790. The number of rotatable bonds is 1. The molecule has 0 aliphatic heterocycles. The van der Waals surface area contributed by atoms with Crippen molar-refractivity contribution >= 4 is 0 Å². The lowest BCUT2D eigenvalue weighted by Crippen LogP contribution is -2.23. The van der Waals surface area contributed by atoms with Crippen LogP contribution in [0.3, 0.4) is 0 Å². The van der Waals surface area contributed by atoms with Crippen LogP contribution in [0.15, 0.2) is 0 Å². The Labute approximate surface area is 87.3 Å². The van der Waals surface area contributed by atoms with Gasteiger partial charge in [-0.15, -0.1) is 0 Å². The van der Waals surface area contributed by atoms with Crippen molar-refractivity contribution < 1.29 is 0 Å². The van der Waals surface area contributed by atoms with E-state index in [0.717, 1.165) is 5.69 Å². The first kappa shape index (κ1) is 11.3. The van der Waals surface area contributed by atoms with E-state index in [1.807, 2.05) is 0 Å². The summed E-state index contributed by atoms with van der Waals surface area (Å²) < 4.78 is 2.16. The highest BCUT2D eigenvalue weighted by atomic mass is 15.3. The van der Waals surface area contributed by atoms with E-state index in [9.17, 15) is 0 Å². The summed E-state index contributed by atoms with van der Waals surface area (Å²) in [6.45, 7) is 15.4. The van der Waals surface area contributed by atoms with Crippen LogP contribution in [0.25, 0.3) is 0 Å². The van der Waals surface area contributed by atoms with Gasteiger partial charge in [0.25, 0.3) is 0 Å². The third-order valence-electron chi connectivity index (χ3n) is 3.31. The molecule has 1 rings (SSSR count). The topological polar surface area (TPSA) is 17.8 Å². The summed E-state index contributed by atoms with van der Waals surface area (Å²) in [5, 5.41) is 4.59. The average Bonchev–Trinajstić information content (AvgIpc) is 2.30. The second-order valence-electron chi connectivity index (χ2n) is 5.28. The number of hydrogen-bond donors (Lipinski definition) is 0.